The van der Waals surface area contributed by atoms with Crippen molar-refractivity contribution in [3.8, 4) is 0 Å². The number of hydrogen-bond donors (Lipinski definition) is 0. The van der Waals surface area contributed by atoms with Crippen molar-refractivity contribution in [3.05, 3.63) is 0 Å². The van der Waals surface area contributed by atoms with Crippen molar-refractivity contribution >= 4 is 5.91 Å². The Kier molecular flexibility index (Phi) is 3.34. The minimum Gasteiger partial charge on any atom is -0.343 e. The van der Waals surface area contributed by atoms with Crippen LogP contribution < -0.4 is 0 Å². The van der Waals surface area contributed by atoms with E-state index in [-0.39, 0.29) is 5.91 Å². The van der Waals surface area contributed by atoms with Gasteiger partial charge >= 0.3 is 0 Å². The second-order valence-electron chi connectivity index (χ2n) is 4.64. The van der Waals surface area contributed by atoms with Crippen molar-refractivity contribution in [2.24, 2.45) is 17.8 Å². The number of nitrogens with zero attached hydrogens (tertiary/aromatic N) is 1. The molecule has 1 aliphatic heterocycles. The van der Waals surface area contributed by atoms with Crippen LogP contribution in [0.2, 0.25) is 0 Å². The van der Waals surface area contributed by atoms with E-state index in [1.54, 1.807) is 6.92 Å². The predicted molar refractivity (Wildman–Crippen MR) is 54.4 cm³/mol. The van der Waals surface area contributed by atoms with E-state index in [0.29, 0.717) is 11.8 Å². The van der Waals surface area contributed by atoms with Gasteiger partial charge in [0.1, 0.15) is 0 Å². The molecule has 2 heteroatoms. The summed E-state index contributed by atoms with van der Waals surface area (Å²) in [5.74, 6) is 2.39. The first-order valence-corrected chi connectivity index (χ1v) is 5.28. The van der Waals surface area contributed by atoms with Crippen LogP contribution in [0.15, 0.2) is 0 Å². The zero-order chi connectivity index (χ0) is 10.0. The smallest absolute Gasteiger partial charge is 0.219 e. The molecule has 1 saturated heterocycles. The summed E-state index contributed by atoms with van der Waals surface area (Å²) in [6, 6.07) is 0. The largest absolute Gasteiger partial charge is 0.343 e. The minimum atomic E-state index is 0.234. The van der Waals surface area contributed by atoms with Gasteiger partial charge in [-0.3, -0.25) is 4.79 Å². The van der Waals surface area contributed by atoms with Crippen LogP contribution in [0.1, 0.15) is 34.1 Å². The Morgan fingerprint density at radius 2 is 2.08 bits per heavy atom. The molecular formula is C11H21NO. The van der Waals surface area contributed by atoms with Crippen molar-refractivity contribution in [1.82, 2.24) is 4.90 Å². The van der Waals surface area contributed by atoms with Gasteiger partial charge in [0.25, 0.3) is 0 Å². The highest BCUT2D eigenvalue weighted by Crippen LogP contribution is 2.28. The van der Waals surface area contributed by atoms with Gasteiger partial charge < -0.3 is 4.90 Å². The first kappa shape index (κ1) is 10.6. The molecule has 1 heterocycles. The van der Waals surface area contributed by atoms with Gasteiger partial charge in [0, 0.05) is 20.0 Å². The summed E-state index contributed by atoms with van der Waals surface area (Å²) >= 11 is 0. The number of piperidine rings is 1. The molecule has 0 spiro atoms. The standard InChI is InChI=1S/C11H21NO/c1-8(2)11-7-12(10(4)13)6-5-9(11)3/h8-9,11H,5-7H2,1-4H3. The Bertz CT molecular complexity index is 189. The molecule has 13 heavy (non-hydrogen) atoms. The van der Waals surface area contributed by atoms with E-state index in [9.17, 15) is 4.79 Å². The van der Waals surface area contributed by atoms with Crippen LogP contribution in [0.5, 0.6) is 0 Å². The van der Waals surface area contributed by atoms with E-state index in [1.807, 2.05) is 4.90 Å². The first-order chi connectivity index (χ1) is 6.02. The number of amides is 1. The SMILES string of the molecule is CC(=O)N1CCC(C)C(C(C)C)C1. The lowest BCUT2D eigenvalue weighted by atomic mass is 9.79. The van der Waals surface area contributed by atoms with Crippen LogP contribution >= 0.6 is 0 Å². The number of likely N-dealkylation sites (tertiary alicyclic amines) is 1. The van der Waals surface area contributed by atoms with Gasteiger partial charge in [-0.15, -0.1) is 0 Å². The Hall–Kier alpha value is -0.530. The maximum absolute atomic E-state index is 11.2. The van der Waals surface area contributed by atoms with E-state index in [2.05, 4.69) is 20.8 Å². The Morgan fingerprint density at radius 1 is 1.46 bits per heavy atom. The molecule has 2 atom stereocenters. The third-order valence-corrected chi connectivity index (χ3v) is 3.32. The van der Waals surface area contributed by atoms with Gasteiger partial charge in [-0.1, -0.05) is 20.8 Å². The lowest BCUT2D eigenvalue weighted by Crippen LogP contribution is -2.43. The average molecular weight is 183 g/mol. The normalized spacial score (nSPS) is 29.5. The molecule has 0 N–H and O–H groups in total. The van der Waals surface area contributed by atoms with Gasteiger partial charge in [-0.25, -0.2) is 0 Å². The van der Waals surface area contributed by atoms with Crippen LogP contribution in [0.25, 0.3) is 0 Å². The highest BCUT2D eigenvalue weighted by atomic mass is 16.2. The lowest BCUT2D eigenvalue weighted by Gasteiger charge is -2.38. The van der Waals surface area contributed by atoms with Crippen molar-refractivity contribution in [3.63, 3.8) is 0 Å². The van der Waals surface area contributed by atoms with E-state index in [1.165, 1.54) is 6.42 Å². The van der Waals surface area contributed by atoms with Gasteiger partial charge in [-0.2, -0.15) is 0 Å². The van der Waals surface area contributed by atoms with Crippen molar-refractivity contribution < 1.29 is 4.79 Å². The lowest BCUT2D eigenvalue weighted by molar-refractivity contribution is -0.131. The van der Waals surface area contributed by atoms with Crippen LogP contribution in [0, 0.1) is 17.8 Å². The maximum Gasteiger partial charge on any atom is 0.219 e. The highest BCUT2D eigenvalue weighted by Gasteiger charge is 2.29. The second kappa shape index (κ2) is 4.12. The van der Waals surface area contributed by atoms with Crippen molar-refractivity contribution in [2.75, 3.05) is 13.1 Å². The van der Waals surface area contributed by atoms with Crippen LogP contribution in [-0.4, -0.2) is 23.9 Å². The summed E-state index contributed by atoms with van der Waals surface area (Å²) in [6.45, 7) is 10.4. The van der Waals surface area contributed by atoms with Gasteiger partial charge in [0.15, 0.2) is 0 Å². The zero-order valence-electron chi connectivity index (χ0n) is 9.21. The molecule has 1 amide bonds. The third kappa shape index (κ3) is 2.45. The maximum atomic E-state index is 11.2. The molecule has 0 aromatic carbocycles. The van der Waals surface area contributed by atoms with Crippen LogP contribution in [-0.2, 0) is 4.79 Å². The first-order valence-electron chi connectivity index (χ1n) is 5.28. The van der Waals surface area contributed by atoms with Crippen molar-refractivity contribution in [2.45, 2.75) is 34.1 Å². The molecule has 0 bridgehead atoms. The highest BCUT2D eigenvalue weighted by molar-refractivity contribution is 5.73. The molecule has 0 radical (unpaired) electrons. The van der Waals surface area contributed by atoms with Gasteiger partial charge in [-0.05, 0) is 24.2 Å². The summed E-state index contributed by atoms with van der Waals surface area (Å²) in [5, 5.41) is 0. The van der Waals surface area contributed by atoms with Crippen molar-refractivity contribution in [1.29, 1.82) is 0 Å². The van der Waals surface area contributed by atoms with Crippen LogP contribution in [0.3, 0.4) is 0 Å². The van der Waals surface area contributed by atoms with E-state index < -0.39 is 0 Å². The molecule has 0 aliphatic carbocycles. The average Bonchev–Trinajstić information content (AvgIpc) is 2.04. The Balaban J connectivity index is 2.58. The summed E-state index contributed by atoms with van der Waals surface area (Å²) < 4.78 is 0. The second-order valence-corrected chi connectivity index (χ2v) is 4.64. The molecule has 1 aliphatic rings. The minimum absolute atomic E-state index is 0.234. The summed E-state index contributed by atoms with van der Waals surface area (Å²) in [6.07, 6.45) is 1.17. The van der Waals surface area contributed by atoms with Gasteiger partial charge in [0.2, 0.25) is 5.91 Å². The summed E-state index contributed by atoms with van der Waals surface area (Å²) in [5.41, 5.74) is 0. The molecule has 0 aromatic rings. The molecule has 1 rings (SSSR count). The fraction of sp³-hybridized carbons (Fsp3) is 0.909. The fourth-order valence-corrected chi connectivity index (χ4v) is 2.25. The van der Waals surface area contributed by atoms with E-state index >= 15 is 0 Å². The third-order valence-electron chi connectivity index (χ3n) is 3.32. The number of rotatable bonds is 1. The fourth-order valence-electron chi connectivity index (χ4n) is 2.25. The molecule has 2 unspecified atom stereocenters. The molecule has 76 valence electrons. The Labute approximate surface area is 81.3 Å². The molecular weight excluding hydrogens is 162 g/mol. The van der Waals surface area contributed by atoms with Gasteiger partial charge in [0.05, 0.1) is 0 Å². The monoisotopic (exact) mass is 183 g/mol. The number of hydrogen-bond acceptors (Lipinski definition) is 1. The molecule has 0 saturated carbocycles. The summed E-state index contributed by atoms with van der Waals surface area (Å²) in [7, 11) is 0. The van der Waals surface area contributed by atoms with Crippen LogP contribution in [0.4, 0.5) is 0 Å². The molecule has 2 nitrogen and oxygen atoms in total. The van der Waals surface area contributed by atoms with E-state index in [0.717, 1.165) is 19.0 Å². The topological polar surface area (TPSA) is 20.3 Å². The molecule has 0 aromatic heterocycles. The predicted octanol–water partition coefficient (Wildman–Crippen LogP) is 2.15. The number of carbonyl (C=O) groups excluding carboxylic acids is 1. The zero-order valence-corrected chi connectivity index (χ0v) is 9.21. The number of carbonyl (C=O) groups is 1. The molecule has 1 fully saturated rings. The Morgan fingerprint density at radius 3 is 2.54 bits per heavy atom. The summed E-state index contributed by atoms with van der Waals surface area (Å²) in [4.78, 5) is 13.2. The quantitative estimate of drug-likeness (QED) is 0.610. The van der Waals surface area contributed by atoms with E-state index in [4.69, 9.17) is 0 Å².